The highest BCUT2D eigenvalue weighted by atomic mass is 79.9. The second-order valence-electron chi connectivity index (χ2n) is 4.72. The maximum Gasteiger partial charge on any atom is 0.289 e. The highest BCUT2D eigenvalue weighted by molar-refractivity contribution is 9.10. The Labute approximate surface area is 119 Å². The summed E-state index contributed by atoms with van der Waals surface area (Å²) >= 11 is 3.31. The number of nitriles is 1. The van der Waals surface area contributed by atoms with E-state index in [0.29, 0.717) is 18.4 Å². The molecule has 0 radical (unpaired) electrons. The Hall–Kier alpha value is -1.41. The second kappa shape index (κ2) is 5.70. The summed E-state index contributed by atoms with van der Waals surface area (Å²) < 4.78 is 19.3. The zero-order valence-corrected chi connectivity index (χ0v) is 11.8. The first-order valence-corrected chi connectivity index (χ1v) is 6.89. The van der Waals surface area contributed by atoms with Gasteiger partial charge in [-0.05, 0) is 25.0 Å². The monoisotopic (exact) mass is 325 g/mol. The van der Waals surface area contributed by atoms with Crippen LogP contribution in [0, 0.1) is 17.4 Å². The molecule has 1 fully saturated rings. The van der Waals surface area contributed by atoms with Gasteiger partial charge in [0.2, 0.25) is 0 Å². The fraction of sp³-hybridized carbons (Fsp3) is 0.429. The minimum atomic E-state index is -1.88. The number of alkyl halides is 1. The van der Waals surface area contributed by atoms with Gasteiger partial charge in [-0.15, -0.1) is 0 Å². The lowest BCUT2D eigenvalue weighted by molar-refractivity contribution is -0.118. The van der Waals surface area contributed by atoms with Gasteiger partial charge in [-0.2, -0.15) is 9.65 Å². The molecule has 19 heavy (non-hydrogen) atoms. The van der Waals surface area contributed by atoms with Crippen LogP contribution < -0.4 is 0 Å². The molecule has 1 aliphatic rings. The lowest BCUT2D eigenvalue weighted by Gasteiger charge is -2.30. The Balaban J connectivity index is 2.00. The lowest BCUT2D eigenvalue weighted by atomic mass is 9.81. The Kier molecular flexibility index (Phi) is 4.20. The molecule has 1 aliphatic carbocycles. The van der Waals surface area contributed by atoms with Crippen LogP contribution in [0.5, 0.6) is 0 Å². The van der Waals surface area contributed by atoms with Crippen LogP contribution in [0.15, 0.2) is 28.7 Å². The van der Waals surface area contributed by atoms with Gasteiger partial charge in [0.15, 0.2) is 5.78 Å². The highest BCUT2D eigenvalue weighted by Crippen LogP contribution is 2.37. The number of nitrogens with zero attached hydrogens (tertiary/aromatic N) is 1. The van der Waals surface area contributed by atoms with Gasteiger partial charge in [0.05, 0.1) is 0 Å². The van der Waals surface area contributed by atoms with E-state index in [0.717, 1.165) is 4.47 Å². The van der Waals surface area contributed by atoms with Gasteiger partial charge < -0.3 is 4.74 Å². The van der Waals surface area contributed by atoms with Gasteiger partial charge in [0.25, 0.3) is 12.1 Å². The smallest absolute Gasteiger partial charge is 0.289 e. The van der Waals surface area contributed by atoms with E-state index in [2.05, 4.69) is 20.7 Å². The van der Waals surface area contributed by atoms with Gasteiger partial charge >= 0.3 is 0 Å². The minimum Gasteiger partial charge on any atom is -0.388 e. The molecule has 3 nitrogen and oxygen atoms in total. The highest BCUT2D eigenvalue weighted by Gasteiger charge is 2.39. The fourth-order valence-electron chi connectivity index (χ4n) is 2.34. The van der Waals surface area contributed by atoms with Crippen molar-refractivity contribution in [2.24, 2.45) is 5.92 Å². The number of ketones is 1. The molecule has 2 rings (SSSR count). The van der Waals surface area contributed by atoms with E-state index in [1.807, 2.05) is 12.1 Å². The maximum absolute atomic E-state index is 13.9. The summed E-state index contributed by atoms with van der Waals surface area (Å²) in [4.78, 5) is 12.2. The van der Waals surface area contributed by atoms with Crippen molar-refractivity contribution in [2.75, 3.05) is 0 Å². The summed E-state index contributed by atoms with van der Waals surface area (Å²) in [7, 11) is 0. The number of Topliss-reactive ketones (excluding diaryl/α,β-unsaturated/α-hetero) is 1. The van der Waals surface area contributed by atoms with E-state index in [-0.39, 0.29) is 24.5 Å². The molecule has 0 atom stereocenters. The quantitative estimate of drug-likeness (QED) is 0.623. The van der Waals surface area contributed by atoms with Crippen molar-refractivity contribution in [3.8, 4) is 6.26 Å². The number of hydrogen-bond donors (Lipinski definition) is 0. The van der Waals surface area contributed by atoms with E-state index in [1.165, 1.54) is 6.26 Å². The lowest BCUT2D eigenvalue weighted by Crippen LogP contribution is -2.33. The largest absolute Gasteiger partial charge is 0.388 e. The van der Waals surface area contributed by atoms with Crippen molar-refractivity contribution in [1.82, 2.24) is 0 Å². The summed E-state index contributed by atoms with van der Waals surface area (Å²) in [5.41, 5.74) is 0.640. The molecule has 0 unspecified atom stereocenters. The van der Waals surface area contributed by atoms with Crippen LogP contribution in [0.2, 0.25) is 0 Å². The molecule has 0 aromatic heterocycles. The predicted octanol–water partition coefficient (Wildman–Crippen LogP) is 3.99. The Morgan fingerprint density at radius 3 is 2.47 bits per heavy atom. The summed E-state index contributed by atoms with van der Waals surface area (Å²) in [6, 6.07) is 7.15. The van der Waals surface area contributed by atoms with Gasteiger partial charge in [-0.1, -0.05) is 28.1 Å². The molecular formula is C14H13BrFNO2. The molecule has 0 heterocycles. The van der Waals surface area contributed by atoms with E-state index in [9.17, 15) is 9.18 Å². The van der Waals surface area contributed by atoms with Gasteiger partial charge in [0.1, 0.15) is 0 Å². The van der Waals surface area contributed by atoms with E-state index in [4.69, 9.17) is 5.26 Å². The van der Waals surface area contributed by atoms with E-state index in [1.54, 1.807) is 12.1 Å². The Morgan fingerprint density at radius 1 is 1.37 bits per heavy atom. The van der Waals surface area contributed by atoms with Crippen molar-refractivity contribution in [3.05, 3.63) is 34.3 Å². The summed E-state index contributed by atoms with van der Waals surface area (Å²) in [6.45, 7) is 0. The third-order valence-corrected chi connectivity index (χ3v) is 3.99. The van der Waals surface area contributed by atoms with Crippen molar-refractivity contribution < 1.29 is 13.9 Å². The summed E-state index contributed by atoms with van der Waals surface area (Å²) in [5, 5.41) is 8.38. The first-order valence-electron chi connectivity index (χ1n) is 6.10. The molecule has 5 heteroatoms. The van der Waals surface area contributed by atoms with Gasteiger partial charge in [-0.25, -0.2) is 0 Å². The number of rotatable bonds is 3. The zero-order chi connectivity index (χ0) is 13.9. The van der Waals surface area contributed by atoms with Crippen molar-refractivity contribution in [1.29, 1.82) is 5.26 Å². The SMILES string of the molecule is N#COC1(F)CCC(C(=O)c2ccc(Br)cc2)CC1. The molecule has 0 bridgehead atoms. The van der Waals surface area contributed by atoms with Crippen molar-refractivity contribution >= 4 is 21.7 Å². The zero-order valence-electron chi connectivity index (χ0n) is 10.2. The molecule has 0 aliphatic heterocycles. The third-order valence-electron chi connectivity index (χ3n) is 3.46. The van der Waals surface area contributed by atoms with Gasteiger partial charge in [0, 0.05) is 28.8 Å². The topological polar surface area (TPSA) is 50.1 Å². The molecular weight excluding hydrogens is 313 g/mol. The molecule has 1 saturated carbocycles. The normalized spacial score (nSPS) is 26.5. The van der Waals surface area contributed by atoms with Crippen LogP contribution in [-0.4, -0.2) is 11.6 Å². The van der Waals surface area contributed by atoms with E-state index >= 15 is 0 Å². The number of hydrogen-bond acceptors (Lipinski definition) is 3. The second-order valence-corrected chi connectivity index (χ2v) is 5.64. The minimum absolute atomic E-state index is 0.0338. The van der Waals surface area contributed by atoms with Crippen LogP contribution in [0.4, 0.5) is 4.39 Å². The molecule has 0 spiro atoms. The van der Waals surface area contributed by atoms with E-state index < -0.39 is 5.85 Å². The number of carbonyl (C=O) groups excluding carboxylic acids is 1. The van der Waals surface area contributed by atoms with Crippen LogP contribution in [0.1, 0.15) is 36.0 Å². The first kappa shape index (κ1) is 14.0. The van der Waals surface area contributed by atoms with Crippen molar-refractivity contribution in [3.63, 3.8) is 0 Å². The van der Waals surface area contributed by atoms with Gasteiger partial charge in [-0.3, -0.25) is 4.79 Å². The number of benzene rings is 1. The molecule has 1 aromatic carbocycles. The van der Waals surface area contributed by atoms with Crippen LogP contribution in [0.25, 0.3) is 0 Å². The average Bonchev–Trinajstić information content (AvgIpc) is 2.40. The van der Waals surface area contributed by atoms with Crippen LogP contribution >= 0.6 is 15.9 Å². The number of halogens is 2. The molecule has 0 N–H and O–H groups in total. The molecule has 0 saturated heterocycles. The number of carbonyl (C=O) groups is 1. The standard InChI is InChI=1S/C14H13BrFNO2/c15-12-3-1-10(2-4-12)13(18)11-5-7-14(16,8-6-11)19-9-17/h1-4,11H,5-8H2. The fourth-order valence-corrected chi connectivity index (χ4v) is 2.61. The molecule has 100 valence electrons. The molecule has 0 amide bonds. The average molecular weight is 326 g/mol. The third kappa shape index (κ3) is 3.32. The maximum atomic E-state index is 13.9. The Morgan fingerprint density at radius 2 is 1.95 bits per heavy atom. The van der Waals surface area contributed by atoms with Crippen molar-refractivity contribution in [2.45, 2.75) is 31.5 Å². The molecule has 1 aromatic rings. The van der Waals surface area contributed by atoms with Crippen LogP contribution in [0.3, 0.4) is 0 Å². The van der Waals surface area contributed by atoms with Crippen LogP contribution in [-0.2, 0) is 4.74 Å². The number of ether oxygens (including phenoxy) is 1. The Bertz CT molecular complexity index is 501. The predicted molar refractivity (Wildman–Crippen MR) is 71.0 cm³/mol. The summed E-state index contributed by atoms with van der Waals surface area (Å²) in [6.07, 6.45) is 2.40. The first-order chi connectivity index (χ1) is 9.04. The summed E-state index contributed by atoms with van der Waals surface area (Å²) in [5.74, 6) is -2.04.